The first kappa shape index (κ1) is 15.3. The maximum atomic E-state index is 11.1. The molecule has 0 atom stereocenters. The van der Waals surface area contributed by atoms with Crippen molar-refractivity contribution < 1.29 is 9.21 Å². The molecule has 3 aromatic rings. The van der Waals surface area contributed by atoms with E-state index in [0.29, 0.717) is 31.1 Å². The predicted octanol–water partition coefficient (Wildman–Crippen LogP) is 1.39. The minimum Gasteiger partial charge on any atom is -0.467 e. The van der Waals surface area contributed by atoms with Gasteiger partial charge in [0, 0.05) is 6.54 Å². The van der Waals surface area contributed by atoms with Gasteiger partial charge in [0.15, 0.2) is 5.65 Å². The highest BCUT2D eigenvalue weighted by molar-refractivity contribution is 6.27. The molecule has 3 aromatic heterocycles. The van der Waals surface area contributed by atoms with Crippen molar-refractivity contribution in [3.8, 4) is 0 Å². The van der Waals surface area contributed by atoms with Crippen molar-refractivity contribution in [1.29, 1.82) is 0 Å². The Hall–Kier alpha value is -2.61. The van der Waals surface area contributed by atoms with Crippen LogP contribution in [0.1, 0.15) is 5.76 Å². The van der Waals surface area contributed by atoms with Crippen molar-refractivity contribution in [2.24, 2.45) is 0 Å². The van der Waals surface area contributed by atoms with Crippen LogP contribution in [0.2, 0.25) is 0 Å². The van der Waals surface area contributed by atoms with Crippen LogP contribution in [-0.2, 0) is 17.9 Å². The highest BCUT2D eigenvalue weighted by atomic mass is 35.5. The van der Waals surface area contributed by atoms with Gasteiger partial charge in [-0.25, -0.2) is 14.6 Å². The van der Waals surface area contributed by atoms with E-state index in [1.807, 2.05) is 12.1 Å². The Bertz CT molecular complexity index is 786. The average molecular weight is 335 g/mol. The van der Waals surface area contributed by atoms with Crippen LogP contribution in [0, 0.1) is 0 Å². The zero-order valence-electron chi connectivity index (χ0n) is 12.2. The molecule has 9 heteroatoms. The maximum Gasteiger partial charge on any atom is 0.234 e. The number of anilines is 1. The zero-order valence-corrected chi connectivity index (χ0v) is 13.0. The maximum absolute atomic E-state index is 11.1. The third kappa shape index (κ3) is 3.59. The summed E-state index contributed by atoms with van der Waals surface area (Å²) in [5.74, 6) is 1.23. The van der Waals surface area contributed by atoms with Crippen molar-refractivity contribution in [1.82, 2.24) is 25.1 Å². The molecule has 0 saturated carbocycles. The summed E-state index contributed by atoms with van der Waals surface area (Å²) < 4.78 is 6.99. The molecule has 3 rings (SSSR count). The molecular weight excluding hydrogens is 320 g/mol. The monoisotopic (exact) mass is 334 g/mol. The molecule has 0 aliphatic rings. The van der Waals surface area contributed by atoms with Crippen molar-refractivity contribution in [2.45, 2.75) is 13.1 Å². The van der Waals surface area contributed by atoms with Crippen molar-refractivity contribution in [3.63, 3.8) is 0 Å². The smallest absolute Gasteiger partial charge is 0.234 e. The molecule has 23 heavy (non-hydrogen) atoms. The normalized spacial score (nSPS) is 10.8. The first-order valence-electron chi connectivity index (χ1n) is 7.03. The second-order valence-electron chi connectivity index (χ2n) is 4.74. The predicted molar refractivity (Wildman–Crippen MR) is 85.1 cm³/mol. The van der Waals surface area contributed by atoms with Crippen LogP contribution in [0.15, 0.2) is 35.3 Å². The van der Waals surface area contributed by atoms with E-state index in [1.54, 1.807) is 17.1 Å². The molecule has 0 bridgehead atoms. The Morgan fingerprint density at radius 1 is 1.39 bits per heavy atom. The Morgan fingerprint density at radius 3 is 3.09 bits per heavy atom. The van der Waals surface area contributed by atoms with Crippen molar-refractivity contribution >= 4 is 34.4 Å². The topological polar surface area (TPSA) is 97.9 Å². The minimum absolute atomic E-state index is 0.0527. The highest BCUT2D eigenvalue weighted by Crippen LogP contribution is 2.19. The fraction of sp³-hybridized carbons (Fsp3) is 0.286. The molecule has 0 radical (unpaired) electrons. The summed E-state index contributed by atoms with van der Waals surface area (Å²) in [7, 11) is 0. The number of hydrogen-bond acceptors (Lipinski definition) is 6. The highest BCUT2D eigenvalue weighted by Gasteiger charge is 2.10. The average Bonchev–Trinajstić information content (AvgIpc) is 3.23. The Kier molecular flexibility index (Phi) is 4.72. The first-order valence-corrected chi connectivity index (χ1v) is 7.57. The third-order valence-corrected chi connectivity index (χ3v) is 3.45. The summed E-state index contributed by atoms with van der Waals surface area (Å²) in [5, 5.41) is 11.0. The molecule has 0 unspecified atom stereocenters. The lowest BCUT2D eigenvalue weighted by molar-refractivity contribution is -0.118. The van der Waals surface area contributed by atoms with Gasteiger partial charge in [0.2, 0.25) is 5.91 Å². The number of alkyl halides is 1. The molecule has 0 aliphatic heterocycles. The van der Waals surface area contributed by atoms with Gasteiger partial charge in [0.05, 0.1) is 30.9 Å². The number of halogens is 1. The second kappa shape index (κ2) is 7.10. The Labute approximate surface area is 136 Å². The number of nitrogens with zero attached hydrogens (tertiary/aromatic N) is 4. The van der Waals surface area contributed by atoms with Gasteiger partial charge in [-0.1, -0.05) is 0 Å². The zero-order chi connectivity index (χ0) is 16.1. The van der Waals surface area contributed by atoms with E-state index in [-0.39, 0.29) is 11.8 Å². The number of amides is 1. The number of fused-ring (bicyclic) bond motifs is 1. The SMILES string of the molecule is O=C(CCl)NCCn1ncc2c(NCc3ccco3)ncnc21. The third-order valence-electron chi connectivity index (χ3n) is 3.21. The van der Waals surface area contributed by atoms with E-state index in [0.717, 1.165) is 11.1 Å². The summed E-state index contributed by atoms with van der Waals surface area (Å²) in [5.41, 5.74) is 0.696. The molecule has 8 nitrogen and oxygen atoms in total. The van der Waals surface area contributed by atoms with E-state index >= 15 is 0 Å². The van der Waals surface area contributed by atoms with Crippen LogP contribution < -0.4 is 10.6 Å². The fourth-order valence-electron chi connectivity index (χ4n) is 2.13. The van der Waals surface area contributed by atoms with Crippen LogP contribution in [0.4, 0.5) is 5.82 Å². The van der Waals surface area contributed by atoms with Gasteiger partial charge in [0.25, 0.3) is 0 Å². The van der Waals surface area contributed by atoms with E-state index in [2.05, 4.69) is 25.7 Å². The van der Waals surface area contributed by atoms with Gasteiger partial charge in [-0.05, 0) is 12.1 Å². The minimum atomic E-state index is -0.210. The summed E-state index contributed by atoms with van der Waals surface area (Å²) in [4.78, 5) is 19.6. The summed E-state index contributed by atoms with van der Waals surface area (Å²) in [6, 6.07) is 3.72. The summed E-state index contributed by atoms with van der Waals surface area (Å²) >= 11 is 5.43. The van der Waals surface area contributed by atoms with Crippen LogP contribution in [0.5, 0.6) is 0 Å². The number of aromatic nitrogens is 4. The second-order valence-corrected chi connectivity index (χ2v) is 5.01. The van der Waals surface area contributed by atoms with Crippen LogP contribution in [0.3, 0.4) is 0 Å². The van der Waals surface area contributed by atoms with Crippen molar-refractivity contribution in [3.05, 3.63) is 36.7 Å². The Balaban J connectivity index is 1.70. The van der Waals surface area contributed by atoms with E-state index in [9.17, 15) is 4.79 Å². The molecule has 3 heterocycles. The lowest BCUT2D eigenvalue weighted by Gasteiger charge is -2.06. The van der Waals surface area contributed by atoms with Gasteiger partial charge >= 0.3 is 0 Å². The summed E-state index contributed by atoms with van der Waals surface area (Å²) in [6.07, 6.45) is 4.80. The summed E-state index contributed by atoms with van der Waals surface area (Å²) in [6.45, 7) is 1.46. The number of rotatable bonds is 7. The molecular formula is C14H15ClN6O2. The van der Waals surface area contributed by atoms with Crippen molar-refractivity contribution in [2.75, 3.05) is 17.7 Å². The molecule has 0 fully saturated rings. The van der Waals surface area contributed by atoms with Gasteiger partial charge in [-0.15, -0.1) is 11.6 Å². The first-order chi connectivity index (χ1) is 11.3. The lowest BCUT2D eigenvalue weighted by atomic mass is 10.3. The van der Waals surface area contributed by atoms with Crippen LogP contribution in [0.25, 0.3) is 11.0 Å². The number of carbonyl (C=O) groups excluding carboxylic acids is 1. The van der Waals surface area contributed by atoms with Gasteiger partial charge < -0.3 is 15.1 Å². The van der Waals surface area contributed by atoms with E-state index in [1.165, 1.54) is 6.33 Å². The quantitative estimate of drug-likeness (QED) is 0.634. The fourth-order valence-corrected chi connectivity index (χ4v) is 2.22. The molecule has 0 saturated heterocycles. The number of nitrogens with one attached hydrogen (secondary N) is 2. The van der Waals surface area contributed by atoms with Crippen LogP contribution in [-0.4, -0.2) is 38.1 Å². The van der Waals surface area contributed by atoms with Gasteiger partial charge in [-0.2, -0.15) is 5.10 Å². The Morgan fingerprint density at radius 2 is 2.30 bits per heavy atom. The van der Waals surface area contributed by atoms with Crippen LogP contribution >= 0.6 is 11.6 Å². The molecule has 0 spiro atoms. The molecule has 0 aromatic carbocycles. The van der Waals surface area contributed by atoms with E-state index < -0.39 is 0 Å². The standard InChI is InChI=1S/C14H15ClN6O2/c15-6-12(22)16-3-4-21-14-11(8-20-21)13(18-9-19-14)17-7-10-2-1-5-23-10/h1-2,5,8-9H,3-4,6-7H2,(H,16,22)(H,17,18,19). The number of carbonyl (C=O) groups is 1. The lowest BCUT2D eigenvalue weighted by Crippen LogP contribution is -2.28. The molecule has 2 N–H and O–H groups in total. The molecule has 120 valence electrons. The van der Waals surface area contributed by atoms with E-state index in [4.69, 9.17) is 16.0 Å². The van der Waals surface area contributed by atoms with Gasteiger partial charge in [0.1, 0.15) is 23.8 Å². The largest absolute Gasteiger partial charge is 0.467 e. The van der Waals surface area contributed by atoms with Gasteiger partial charge in [-0.3, -0.25) is 4.79 Å². The number of furan rings is 1. The molecule has 1 amide bonds. The number of hydrogen-bond donors (Lipinski definition) is 2. The molecule has 0 aliphatic carbocycles.